The third kappa shape index (κ3) is 2.40. The van der Waals surface area contributed by atoms with E-state index in [1.807, 2.05) is 0 Å². The molecule has 3 heterocycles. The van der Waals surface area contributed by atoms with E-state index in [2.05, 4.69) is 15.6 Å². The summed E-state index contributed by atoms with van der Waals surface area (Å²) >= 11 is 5.92. The van der Waals surface area contributed by atoms with Crippen LogP contribution in [-0.4, -0.2) is 36.1 Å². The van der Waals surface area contributed by atoms with Gasteiger partial charge in [-0.2, -0.15) is 0 Å². The molecule has 0 saturated carbocycles. The number of hydrogen-bond acceptors (Lipinski definition) is 4. The van der Waals surface area contributed by atoms with E-state index >= 15 is 0 Å². The van der Waals surface area contributed by atoms with Crippen LogP contribution in [0.3, 0.4) is 0 Å². The molecule has 2 N–H and O–H groups in total. The Balaban J connectivity index is 1.69. The van der Waals surface area contributed by atoms with Crippen LogP contribution in [0.2, 0.25) is 5.15 Å². The van der Waals surface area contributed by atoms with Crippen molar-refractivity contribution in [1.82, 2.24) is 15.6 Å². The van der Waals surface area contributed by atoms with E-state index in [1.165, 1.54) is 13.5 Å². The molecule has 2 bridgehead atoms. The summed E-state index contributed by atoms with van der Waals surface area (Å²) < 4.78 is 5.02. The van der Waals surface area contributed by atoms with Gasteiger partial charge in [-0.1, -0.05) is 11.6 Å². The van der Waals surface area contributed by atoms with Crippen molar-refractivity contribution in [1.29, 1.82) is 0 Å². The molecule has 3 rings (SSSR count). The maximum atomic E-state index is 12.1. The molecule has 2 saturated heterocycles. The highest BCUT2D eigenvalue weighted by Crippen LogP contribution is 2.28. The van der Waals surface area contributed by atoms with Crippen LogP contribution in [0.1, 0.15) is 29.8 Å². The lowest BCUT2D eigenvalue weighted by molar-refractivity contribution is 0.0926. The third-order valence-electron chi connectivity index (χ3n) is 3.88. The molecule has 6 heteroatoms. The molecule has 0 unspecified atom stereocenters. The van der Waals surface area contributed by atoms with E-state index in [1.54, 1.807) is 12.1 Å². The van der Waals surface area contributed by atoms with Crippen molar-refractivity contribution in [3.05, 3.63) is 23.0 Å². The van der Waals surface area contributed by atoms with Crippen molar-refractivity contribution >= 4 is 17.5 Å². The summed E-state index contributed by atoms with van der Waals surface area (Å²) in [4.78, 5) is 16.2. The van der Waals surface area contributed by atoms with E-state index in [0.717, 1.165) is 12.8 Å². The lowest BCUT2D eigenvalue weighted by Crippen LogP contribution is -2.43. The van der Waals surface area contributed by atoms with Crippen LogP contribution in [0.25, 0.3) is 0 Å². The third-order valence-corrected chi connectivity index (χ3v) is 4.15. The van der Waals surface area contributed by atoms with E-state index in [0.29, 0.717) is 23.5 Å². The minimum Gasteiger partial charge on any atom is -0.494 e. The number of methoxy groups -OCH3 is 1. The highest BCUT2D eigenvalue weighted by atomic mass is 35.5. The second-order valence-electron chi connectivity index (χ2n) is 5.05. The molecule has 2 aliphatic heterocycles. The van der Waals surface area contributed by atoms with Gasteiger partial charge in [0, 0.05) is 18.1 Å². The van der Waals surface area contributed by atoms with Gasteiger partial charge in [-0.15, -0.1) is 0 Å². The highest BCUT2D eigenvalue weighted by molar-refractivity contribution is 6.31. The first-order valence-corrected chi connectivity index (χ1v) is 6.82. The second kappa shape index (κ2) is 4.98. The van der Waals surface area contributed by atoms with Gasteiger partial charge >= 0.3 is 0 Å². The van der Waals surface area contributed by atoms with Crippen molar-refractivity contribution in [2.24, 2.45) is 0 Å². The van der Waals surface area contributed by atoms with Gasteiger partial charge in [0.15, 0.2) is 10.9 Å². The quantitative estimate of drug-likeness (QED) is 0.822. The molecule has 19 heavy (non-hydrogen) atoms. The summed E-state index contributed by atoms with van der Waals surface area (Å²) in [6.07, 6.45) is 3.34. The molecule has 2 fully saturated rings. The van der Waals surface area contributed by atoms with E-state index < -0.39 is 0 Å². The molecule has 0 radical (unpaired) electrons. The molecular formula is C13H16ClN3O2. The molecule has 5 nitrogen and oxygen atoms in total. The summed E-state index contributed by atoms with van der Waals surface area (Å²) in [6.45, 7) is 0. The van der Waals surface area contributed by atoms with Crippen LogP contribution in [0.4, 0.5) is 0 Å². The molecule has 2 aliphatic rings. The molecule has 1 aromatic rings. The van der Waals surface area contributed by atoms with Gasteiger partial charge in [-0.25, -0.2) is 4.98 Å². The van der Waals surface area contributed by atoms with Crippen molar-refractivity contribution in [3.8, 4) is 5.75 Å². The smallest absolute Gasteiger partial charge is 0.270 e. The van der Waals surface area contributed by atoms with E-state index in [9.17, 15) is 4.79 Å². The number of ether oxygens (including phenoxy) is 1. The number of nitrogens with zero attached hydrogens (tertiary/aromatic N) is 1. The van der Waals surface area contributed by atoms with Crippen molar-refractivity contribution in [3.63, 3.8) is 0 Å². The predicted octanol–water partition coefficient (Wildman–Crippen LogP) is 1.37. The SMILES string of the molecule is COc1ccc(C(=O)N[C@@H]2C[C@H]3CC[C@@H]2N3)nc1Cl. The van der Waals surface area contributed by atoms with Crippen LogP contribution < -0.4 is 15.4 Å². The van der Waals surface area contributed by atoms with Gasteiger partial charge in [0.2, 0.25) is 0 Å². The number of fused-ring (bicyclic) bond motifs is 2. The Bertz CT molecular complexity index is 509. The minimum atomic E-state index is -0.177. The van der Waals surface area contributed by atoms with Crippen LogP contribution in [0.5, 0.6) is 5.75 Å². The molecular weight excluding hydrogens is 266 g/mol. The number of carbonyl (C=O) groups is 1. The molecule has 3 atom stereocenters. The van der Waals surface area contributed by atoms with Gasteiger partial charge in [0.1, 0.15) is 5.69 Å². The number of carbonyl (C=O) groups excluding carboxylic acids is 1. The fourth-order valence-corrected chi connectivity index (χ4v) is 3.16. The Labute approximate surface area is 116 Å². The first-order valence-electron chi connectivity index (χ1n) is 6.45. The van der Waals surface area contributed by atoms with E-state index in [4.69, 9.17) is 16.3 Å². The molecule has 0 spiro atoms. The molecule has 1 aromatic heterocycles. The van der Waals surface area contributed by atoms with Crippen molar-refractivity contribution in [2.45, 2.75) is 37.4 Å². The van der Waals surface area contributed by atoms with Crippen molar-refractivity contribution in [2.75, 3.05) is 7.11 Å². The number of pyridine rings is 1. The maximum Gasteiger partial charge on any atom is 0.270 e. The Morgan fingerprint density at radius 1 is 1.53 bits per heavy atom. The van der Waals surface area contributed by atoms with Crippen LogP contribution >= 0.6 is 11.6 Å². The average Bonchev–Trinajstić information content (AvgIpc) is 3.00. The monoisotopic (exact) mass is 281 g/mol. The summed E-state index contributed by atoms with van der Waals surface area (Å²) in [7, 11) is 1.52. The number of amides is 1. The first kappa shape index (κ1) is 12.7. The van der Waals surface area contributed by atoms with E-state index in [-0.39, 0.29) is 17.1 Å². The maximum absolute atomic E-state index is 12.1. The van der Waals surface area contributed by atoms with Crippen LogP contribution in [0, 0.1) is 0 Å². The standard InChI is InChI=1S/C13H16ClN3O2/c1-19-11-5-4-9(16-12(11)14)13(18)17-10-6-7-2-3-8(10)15-7/h4-5,7-8,10,15H,2-3,6H2,1H3,(H,17,18)/t7-,8+,10-/m1/s1. The molecule has 1 amide bonds. The summed E-state index contributed by atoms with van der Waals surface area (Å²) in [6, 6.07) is 4.45. The predicted molar refractivity (Wildman–Crippen MR) is 71.6 cm³/mol. The number of hydrogen-bond donors (Lipinski definition) is 2. The first-order chi connectivity index (χ1) is 9.17. The largest absolute Gasteiger partial charge is 0.494 e. The lowest BCUT2D eigenvalue weighted by Gasteiger charge is -2.21. The van der Waals surface area contributed by atoms with Crippen LogP contribution in [0.15, 0.2) is 12.1 Å². The minimum absolute atomic E-state index is 0.177. The molecule has 0 aliphatic carbocycles. The number of aromatic nitrogens is 1. The Morgan fingerprint density at radius 2 is 2.37 bits per heavy atom. The van der Waals surface area contributed by atoms with Gasteiger partial charge in [-0.05, 0) is 31.4 Å². The molecule has 102 valence electrons. The Kier molecular flexibility index (Phi) is 3.33. The fraction of sp³-hybridized carbons (Fsp3) is 0.538. The van der Waals surface area contributed by atoms with Gasteiger partial charge in [0.05, 0.1) is 7.11 Å². The normalized spacial score (nSPS) is 28.4. The Hall–Kier alpha value is -1.33. The Morgan fingerprint density at radius 3 is 2.95 bits per heavy atom. The zero-order valence-corrected chi connectivity index (χ0v) is 11.4. The summed E-state index contributed by atoms with van der Waals surface area (Å²) in [5, 5.41) is 6.72. The zero-order chi connectivity index (χ0) is 13.4. The van der Waals surface area contributed by atoms with Gasteiger partial charge < -0.3 is 15.4 Å². The topological polar surface area (TPSA) is 63.2 Å². The second-order valence-corrected chi connectivity index (χ2v) is 5.41. The summed E-state index contributed by atoms with van der Waals surface area (Å²) in [5.74, 6) is 0.295. The summed E-state index contributed by atoms with van der Waals surface area (Å²) in [5.41, 5.74) is 0.327. The number of rotatable bonds is 3. The van der Waals surface area contributed by atoms with Crippen molar-refractivity contribution < 1.29 is 9.53 Å². The zero-order valence-electron chi connectivity index (χ0n) is 10.6. The number of halogens is 1. The molecule has 0 aromatic carbocycles. The van der Waals surface area contributed by atoms with Crippen LogP contribution in [-0.2, 0) is 0 Å². The lowest BCUT2D eigenvalue weighted by atomic mass is 9.95. The highest BCUT2D eigenvalue weighted by Gasteiger charge is 2.39. The average molecular weight is 282 g/mol. The van der Waals surface area contributed by atoms with Gasteiger partial charge in [-0.3, -0.25) is 4.79 Å². The number of nitrogens with one attached hydrogen (secondary N) is 2. The fourth-order valence-electron chi connectivity index (χ4n) is 2.93. The van der Waals surface area contributed by atoms with Gasteiger partial charge in [0.25, 0.3) is 5.91 Å².